The van der Waals surface area contributed by atoms with Gasteiger partial charge in [0.1, 0.15) is 5.82 Å². The van der Waals surface area contributed by atoms with Crippen LogP contribution >= 0.6 is 0 Å². The normalized spacial score (nSPS) is 18.4. The maximum atomic E-state index is 13.5. The quantitative estimate of drug-likeness (QED) is 0.595. The lowest BCUT2D eigenvalue weighted by atomic mass is 9.70. The number of carbonyl (C=O) groups excluding carboxylic acids is 2. The molecule has 2 aromatic carbocycles. The summed E-state index contributed by atoms with van der Waals surface area (Å²) >= 11 is 0. The highest BCUT2D eigenvalue weighted by molar-refractivity contribution is 6.07. The van der Waals surface area contributed by atoms with Crippen LogP contribution in [0.1, 0.15) is 42.5 Å². The van der Waals surface area contributed by atoms with Crippen molar-refractivity contribution < 1.29 is 9.59 Å². The minimum Gasteiger partial charge on any atom is -0.329 e. The topological polar surface area (TPSA) is 67.2 Å². The van der Waals surface area contributed by atoms with Gasteiger partial charge in [0.2, 0.25) is 5.91 Å². The summed E-state index contributed by atoms with van der Waals surface area (Å²) in [5.74, 6) is 0.442. The van der Waals surface area contributed by atoms with Gasteiger partial charge in [0.15, 0.2) is 0 Å². The van der Waals surface area contributed by atoms with E-state index in [4.69, 9.17) is 0 Å². The van der Waals surface area contributed by atoms with Gasteiger partial charge in [-0.05, 0) is 42.8 Å². The van der Waals surface area contributed by atoms with Crippen LogP contribution in [0.15, 0.2) is 84.7 Å². The molecule has 6 heteroatoms. The first-order valence-corrected chi connectivity index (χ1v) is 11.5. The number of benzene rings is 2. The van der Waals surface area contributed by atoms with Gasteiger partial charge >= 0.3 is 0 Å². The van der Waals surface area contributed by atoms with Crippen LogP contribution in [0.2, 0.25) is 0 Å². The Hall–Kier alpha value is -3.93. The maximum Gasteiger partial charge on any atom is 0.258 e. The number of aromatic nitrogens is 2. The summed E-state index contributed by atoms with van der Waals surface area (Å²) in [5.41, 5.74) is 4.12. The van der Waals surface area contributed by atoms with Crippen molar-refractivity contribution >= 4 is 23.2 Å². The molecule has 2 amide bonds. The molecule has 1 unspecified atom stereocenters. The first-order chi connectivity index (χ1) is 16.3. The van der Waals surface area contributed by atoms with E-state index in [1.807, 2.05) is 42.6 Å². The molecular formula is C28H28N4O2. The minimum absolute atomic E-state index is 0.0546. The minimum atomic E-state index is -0.254. The Kier molecular flexibility index (Phi) is 5.44. The predicted molar refractivity (Wildman–Crippen MR) is 134 cm³/mol. The van der Waals surface area contributed by atoms with Gasteiger partial charge in [-0.3, -0.25) is 9.59 Å². The molecule has 6 nitrogen and oxygen atoms in total. The maximum absolute atomic E-state index is 13.5. The molecule has 0 spiro atoms. The number of amides is 2. The number of anilines is 2. The fraction of sp³-hybridized carbons (Fsp3) is 0.250. The summed E-state index contributed by atoms with van der Waals surface area (Å²) in [7, 11) is 0. The molecular weight excluding hydrogens is 424 g/mol. The first-order valence-electron chi connectivity index (χ1n) is 11.5. The predicted octanol–water partition coefficient (Wildman–Crippen LogP) is 5.19. The summed E-state index contributed by atoms with van der Waals surface area (Å²) in [4.78, 5) is 32.7. The fourth-order valence-electron chi connectivity index (χ4n) is 4.63. The molecule has 1 atom stereocenters. The van der Waals surface area contributed by atoms with E-state index in [0.717, 1.165) is 17.1 Å². The van der Waals surface area contributed by atoms with Gasteiger partial charge in [0.25, 0.3) is 5.91 Å². The molecule has 1 aromatic heterocycles. The number of carbonyl (C=O) groups is 2. The van der Waals surface area contributed by atoms with Crippen molar-refractivity contribution in [2.75, 3.05) is 10.2 Å². The third kappa shape index (κ3) is 3.85. The number of allylic oxidation sites excluding steroid dienone is 3. The van der Waals surface area contributed by atoms with Crippen molar-refractivity contribution in [3.05, 3.63) is 102 Å². The van der Waals surface area contributed by atoms with E-state index in [9.17, 15) is 9.59 Å². The van der Waals surface area contributed by atoms with E-state index in [-0.39, 0.29) is 23.1 Å². The molecule has 1 aliphatic heterocycles. The molecule has 3 aromatic rings. The second kappa shape index (κ2) is 8.45. The van der Waals surface area contributed by atoms with E-state index in [1.165, 1.54) is 5.57 Å². The number of rotatable bonds is 3. The molecule has 0 saturated carbocycles. The Morgan fingerprint density at radius 2 is 1.82 bits per heavy atom. The van der Waals surface area contributed by atoms with E-state index in [1.54, 1.807) is 35.4 Å². The molecule has 5 rings (SSSR count). The van der Waals surface area contributed by atoms with Crippen LogP contribution in [-0.2, 0) is 17.9 Å². The second-order valence-corrected chi connectivity index (χ2v) is 9.49. The van der Waals surface area contributed by atoms with Gasteiger partial charge < -0.3 is 14.8 Å². The third-order valence-electron chi connectivity index (χ3n) is 7.09. The highest BCUT2D eigenvalue weighted by Gasteiger charge is 2.36. The summed E-state index contributed by atoms with van der Waals surface area (Å²) in [5, 5.41) is 3.01. The fourth-order valence-corrected chi connectivity index (χ4v) is 4.63. The van der Waals surface area contributed by atoms with E-state index >= 15 is 0 Å². The number of nitrogens with zero attached hydrogens (tertiary/aromatic N) is 3. The molecule has 1 aliphatic carbocycles. The van der Waals surface area contributed by atoms with Crippen LogP contribution < -0.4 is 10.2 Å². The largest absolute Gasteiger partial charge is 0.329 e. The van der Waals surface area contributed by atoms with Gasteiger partial charge in [-0.2, -0.15) is 0 Å². The molecule has 1 N–H and O–H groups in total. The lowest BCUT2D eigenvalue weighted by molar-refractivity contribution is -0.120. The van der Waals surface area contributed by atoms with Crippen molar-refractivity contribution in [3.8, 4) is 0 Å². The Bertz CT molecular complexity index is 1310. The van der Waals surface area contributed by atoms with Crippen LogP contribution in [0.4, 0.5) is 11.4 Å². The zero-order valence-corrected chi connectivity index (χ0v) is 19.7. The SMILES string of the molecule is CC1=CC=CC(C(=O)Nc2ccc(C(=O)N3Cc4nccn4Cc4ccccc43)cc2)C1(C)C. The van der Waals surface area contributed by atoms with E-state index < -0.39 is 0 Å². The van der Waals surface area contributed by atoms with Crippen LogP contribution in [0, 0.1) is 11.3 Å². The summed E-state index contributed by atoms with van der Waals surface area (Å²) in [6, 6.07) is 15.1. The van der Waals surface area contributed by atoms with Crippen molar-refractivity contribution in [1.82, 2.24) is 9.55 Å². The molecule has 0 saturated heterocycles. The van der Waals surface area contributed by atoms with Crippen molar-refractivity contribution in [2.45, 2.75) is 33.9 Å². The Balaban J connectivity index is 1.36. The molecule has 2 aliphatic rings. The Morgan fingerprint density at radius 3 is 2.62 bits per heavy atom. The van der Waals surface area contributed by atoms with Crippen LogP contribution in [0.5, 0.6) is 0 Å². The van der Waals surface area contributed by atoms with Gasteiger partial charge in [0.05, 0.1) is 19.0 Å². The van der Waals surface area contributed by atoms with Gasteiger partial charge in [-0.25, -0.2) is 4.98 Å². The number of nitrogens with one attached hydrogen (secondary N) is 1. The third-order valence-corrected chi connectivity index (χ3v) is 7.09. The zero-order valence-electron chi connectivity index (χ0n) is 19.7. The summed E-state index contributed by atoms with van der Waals surface area (Å²) in [6.07, 6.45) is 9.65. The first kappa shape index (κ1) is 21.9. The lowest BCUT2D eigenvalue weighted by Crippen LogP contribution is -2.35. The molecule has 0 radical (unpaired) electrons. The molecule has 2 heterocycles. The number of imidazole rings is 1. The molecule has 0 fully saturated rings. The standard InChI is InChI=1S/C28H28N4O2/c1-19-7-6-9-23(28(19,2)3)26(33)30-22-13-11-20(12-14-22)27(34)32-18-25-29-15-16-31(25)17-21-8-4-5-10-24(21)32/h4-16,23H,17-18H2,1-3H3,(H,30,33). The van der Waals surface area contributed by atoms with Crippen molar-refractivity contribution in [3.63, 3.8) is 0 Å². The van der Waals surface area contributed by atoms with Gasteiger partial charge in [0, 0.05) is 34.7 Å². The van der Waals surface area contributed by atoms with Crippen LogP contribution in [0.3, 0.4) is 0 Å². The average Bonchev–Trinajstić information content (AvgIpc) is 3.19. The average molecular weight is 453 g/mol. The summed E-state index contributed by atoms with van der Waals surface area (Å²) < 4.78 is 2.07. The Morgan fingerprint density at radius 1 is 1.06 bits per heavy atom. The monoisotopic (exact) mass is 452 g/mol. The number of hydrogen-bond acceptors (Lipinski definition) is 3. The van der Waals surface area contributed by atoms with Crippen molar-refractivity contribution in [2.24, 2.45) is 11.3 Å². The smallest absolute Gasteiger partial charge is 0.258 e. The summed E-state index contributed by atoms with van der Waals surface area (Å²) in [6.45, 7) is 7.30. The highest BCUT2D eigenvalue weighted by atomic mass is 16.2. The van der Waals surface area contributed by atoms with E-state index in [2.05, 4.69) is 41.7 Å². The molecule has 172 valence electrons. The molecule has 0 bridgehead atoms. The van der Waals surface area contributed by atoms with Crippen LogP contribution in [-0.4, -0.2) is 21.4 Å². The van der Waals surface area contributed by atoms with Gasteiger partial charge in [-0.15, -0.1) is 0 Å². The van der Waals surface area contributed by atoms with Crippen molar-refractivity contribution in [1.29, 1.82) is 0 Å². The zero-order chi connectivity index (χ0) is 23.9. The molecule has 34 heavy (non-hydrogen) atoms. The van der Waals surface area contributed by atoms with Crippen LogP contribution in [0.25, 0.3) is 0 Å². The second-order valence-electron chi connectivity index (χ2n) is 9.49. The number of fused-ring (bicyclic) bond motifs is 2. The number of hydrogen-bond donors (Lipinski definition) is 1. The number of para-hydroxylation sites is 1. The lowest BCUT2D eigenvalue weighted by Gasteiger charge is -2.34. The van der Waals surface area contributed by atoms with Gasteiger partial charge in [-0.1, -0.05) is 55.8 Å². The Labute approximate surface area is 199 Å². The van der Waals surface area contributed by atoms with E-state index in [0.29, 0.717) is 24.3 Å². The highest BCUT2D eigenvalue weighted by Crippen LogP contribution is 2.39.